The van der Waals surface area contributed by atoms with E-state index in [1.54, 1.807) is 37.3 Å². The summed E-state index contributed by atoms with van der Waals surface area (Å²) in [7, 11) is 0. The molecule has 2 heterocycles. The Labute approximate surface area is 98.3 Å². The van der Waals surface area contributed by atoms with Crippen molar-refractivity contribution in [3.8, 4) is 0 Å². The maximum atomic E-state index is 12.0. The van der Waals surface area contributed by atoms with Gasteiger partial charge >= 0.3 is 0 Å². The molecule has 0 aliphatic rings. The van der Waals surface area contributed by atoms with Crippen molar-refractivity contribution >= 4 is 11.6 Å². The van der Waals surface area contributed by atoms with Gasteiger partial charge in [0.05, 0.1) is 12.2 Å². The fraction of sp³-hybridized carbons (Fsp3) is 0.154. The first-order chi connectivity index (χ1) is 8.20. The standard InChI is InChI=1S/C13H11NO3/c1-9(13(16)11-6-4-8-17-11)12(15)10-5-2-3-7-14-10/h2-9H,1H3. The summed E-state index contributed by atoms with van der Waals surface area (Å²) in [5.41, 5.74) is 0.292. The quantitative estimate of drug-likeness (QED) is 0.596. The van der Waals surface area contributed by atoms with Crippen LogP contribution in [-0.2, 0) is 0 Å². The Morgan fingerprint density at radius 1 is 1.18 bits per heavy atom. The molecule has 1 atom stereocenters. The molecule has 0 aliphatic carbocycles. The van der Waals surface area contributed by atoms with Gasteiger partial charge in [0, 0.05) is 6.20 Å². The molecule has 0 spiro atoms. The zero-order chi connectivity index (χ0) is 12.3. The van der Waals surface area contributed by atoms with E-state index in [2.05, 4.69) is 4.98 Å². The molecule has 0 aliphatic heterocycles. The Balaban J connectivity index is 2.19. The van der Waals surface area contributed by atoms with Crippen molar-refractivity contribution in [2.24, 2.45) is 5.92 Å². The molecule has 0 radical (unpaired) electrons. The van der Waals surface area contributed by atoms with Crippen molar-refractivity contribution < 1.29 is 14.0 Å². The first kappa shape index (κ1) is 11.3. The lowest BCUT2D eigenvalue weighted by Crippen LogP contribution is -2.21. The molecule has 0 saturated heterocycles. The van der Waals surface area contributed by atoms with Crippen molar-refractivity contribution in [1.29, 1.82) is 0 Å². The molecule has 0 fully saturated rings. The number of pyridine rings is 1. The van der Waals surface area contributed by atoms with Crippen molar-refractivity contribution in [2.45, 2.75) is 6.92 Å². The van der Waals surface area contributed by atoms with Crippen molar-refractivity contribution in [3.63, 3.8) is 0 Å². The Morgan fingerprint density at radius 2 is 2.00 bits per heavy atom. The van der Waals surface area contributed by atoms with E-state index in [4.69, 9.17) is 4.42 Å². The summed E-state index contributed by atoms with van der Waals surface area (Å²) >= 11 is 0. The summed E-state index contributed by atoms with van der Waals surface area (Å²) in [6.07, 6.45) is 2.93. The molecule has 0 N–H and O–H groups in total. The number of furan rings is 1. The number of nitrogens with zero attached hydrogens (tertiary/aromatic N) is 1. The second kappa shape index (κ2) is 4.74. The number of carbonyl (C=O) groups excluding carboxylic acids is 2. The van der Waals surface area contributed by atoms with E-state index in [9.17, 15) is 9.59 Å². The SMILES string of the molecule is CC(C(=O)c1ccccn1)C(=O)c1ccco1. The van der Waals surface area contributed by atoms with E-state index in [1.165, 1.54) is 12.5 Å². The van der Waals surface area contributed by atoms with Gasteiger partial charge in [-0.25, -0.2) is 0 Å². The third kappa shape index (κ3) is 2.30. The molecule has 2 aromatic heterocycles. The topological polar surface area (TPSA) is 60.2 Å². The van der Waals surface area contributed by atoms with Crippen LogP contribution in [0.25, 0.3) is 0 Å². The fourth-order valence-electron chi connectivity index (χ4n) is 1.48. The van der Waals surface area contributed by atoms with E-state index in [0.717, 1.165) is 0 Å². The van der Waals surface area contributed by atoms with Crippen LogP contribution in [0.4, 0.5) is 0 Å². The monoisotopic (exact) mass is 229 g/mol. The number of ketones is 2. The van der Waals surface area contributed by atoms with Gasteiger partial charge in [0.15, 0.2) is 11.5 Å². The highest BCUT2D eigenvalue weighted by atomic mass is 16.3. The molecular formula is C13H11NO3. The Kier molecular flexibility index (Phi) is 3.14. The molecule has 86 valence electrons. The summed E-state index contributed by atoms with van der Waals surface area (Å²) < 4.78 is 4.98. The Morgan fingerprint density at radius 3 is 2.59 bits per heavy atom. The lowest BCUT2D eigenvalue weighted by Gasteiger charge is -2.06. The van der Waals surface area contributed by atoms with Gasteiger partial charge in [-0.15, -0.1) is 0 Å². The smallest absolute Gasteiger partial charge is 0.208 e. The summed E-state index contributed by atoms with van der Waals surface area (Å²) in [4.78, 5) is 27.8. The average molecular weight is 229 g/mol. The lowest BCUT2D eigenvalue weighted by molar-refractivity contribution is 0.0801. The number of rotatable bonds is 4. The van der Waals surface area contributed by atoms with Gasteiger partial charge in [-0.1, -0.05) is 6.07 Å². The molecule has 17 heavy (non-hydrogen) atoms. The van der Waals surface area contributed by atoms with Crippen LogP contribution in [0.2, 0.25) is 0 Å². The van der Waals surface area contributed by atoms with Crippen molar-refractivity contribution in [2.75, 3.05) is 0 Å². The molecule has 1 unspecified atom stereocenters. The molecule has 0 bridgehead atoms. The summed E-state index contributed by atoms with van der Waals surface area (Å²) in [5, 5.41) is 0. The number of hydrogen-bond acceptors (Lipinski definition) is 4. The molecule has 2 rings (SSSR count). The van der Waals surface area contributed by atoms with Crippen molar-refractivity contribution in [1.82, 2.24) is 4.98 Å². The molecule has 0 amide bonds. The highest BCUT2D eigenvalue weighted by Gasteiger charge is 2.26. The van der Waals surface area contributed by atoms with Gasteiger partial charge in [0.25, 0.3) is 0 Å². The third-order valence-electron chi connectivity index (χ3n) is 2.47. The predicted molar refractivity (Wildman–Crippen MR) is 60.8 cm³/mol. The summed E-state index contributed by atoms with van der Waals surface area (Å²) in [5.74, 6) is -1.21. The Hall–Kier alpha value is -2.23. The molecule has 4 nitrogen and oxygen atoms in total. The minimum absolute atomic E-state index is 0.196. The Bertz CT molecular complexity index is 517. The number of hydrogen-bond donors (Lipinski definition) is 0. The van der Waals surface area contributed by atoms with Gasteiger partial charge in [-0.3, -0.25) is 14.6 Å². The van der Waals surface area contributed by atoms with Gasteiger partial charge < -0.3 is 4.42 Å². The maximum Gasteiger partial charge on any atom is 0.208 e. The normalized spacial score (nSPS) is 12.1. The zero-order valence-electron chi connectivity index (χ0n) is 9.29. The van der Waals surface area contributed by atoms with E-state index in [1.807, 2.05) is 0 Å². The second-order valence-corrected chi connectivity index (χ2v) is 3.64. The van der Waals surface area contributed by atoms with E-state index >= 15 is 0 Å². The molecule has 4 heteroatoms. The van der Waals surface area contributed by atoms with Crippen LogP contribution in [0.15, 0.2) is 47.2 Å². The molecule has 2 aromatic rings. The van der Waals surface area contributed by atoms with E-state index in [-0.39, 0.29) is 17.3 Å². The predicted octanol–water partition coefficient (Wildman–Crippen LogP) is 2.38. The highest BCUT2D eigenvalue weighted by molar-refractivity contribution is 6.14. The van der Waals surface area contributed by atoms with Crippen molar-refractivity contribution in [3.05, 3.63) is 54.2 Å². The highest BCUT2D eigenvalue weighted by Crippen LogP contribution is 2.13. The number of aromatic nitrogens is 1. The van der Waals surface area contributed by atoms with Gasteiger partial charge in [-0.2, -0.15) is 0 Å². The first-order valence-electron chi connectivity index (χ1n) is 5.23. The lowest BCUT2D eigenvalue weighted by atomic mass is 9.97. The number of carbonyl (C=O) groups is 2. The maximum absolute atomic E-state index is 12.0. The summed E-state index contributed by atoms with van der Waals surface area (Å²) in [6.45, 7) is 1.56. The van der Waals surface area contributed by atoms with Crippen LogP contribution in [0.3, 0.4) is 0 Å². The van der Waals surface area contributed by atoms with Crippen LogP contribution in [0.5, 0.6) is 0 Å². The second-order valence-electron chi connectivity index (χ2n) is 3.64. The minimum Gasteiger partial charge on any atom is -0.461 e. The average Bonchev–Trinajstić information content (AvgIpc) is 2.91. The zero-order valence-corrected chi connectivity index (χ0v) is 9.29. The molecule has 0 saturated carbocycles. The third-order valence-corrected chi connectivity index (χ3v) is 2.47. The first-order valence-corrected chi connectivity index (χ1v) is 5.23. The summed E-state index contributed by atoms with van der Waals surface area (Å²) in [6, 6.07) is 8.18. The largest absolute Gasteiger partial charge is 0.461 e. The molecule has 0 aromatic carbocycles. The van der Waals surface area contributed by atoms with Crippen LogP contribution in [0, 0.1) is 5.92 Å². The van der Waals surface area contributed by atoms with Gasteiger partial charge in [0.2, 0.25) is 5.78 Å². The van der Waals surface area contributed by atoms with Gasteiger partial charge in [-0.05, 0) is 31.2 Å². The fourth-order valence-corrected chi connectivity index (χ4v) is 1.48. The van der Waals surface area contributed by atoms with Crippen LogP contribution in [0.1, 0.15) is 28.0 Å². The number of Topliss-reactive ketones (excluding diaryl/α,β-unsaturated/α-hetero) is 2. The van der Waals surface area contributed by atoms with Crippen LogP contribution < -0.4 is 0 Å². The molecular weight excluding hydrogens is 218 g/mol. The van der Waals surface area contributed by atoms with E-state index < -0.39 is 5.92 Å². The van der Waals surface area contributed by atoms with Crippen LogP contribution >= 0.6 is 0 Å². The van der Waals surface area contributed by atoms with Gasteiger partial charge in [0.1, 0.15) is 5.69 Å². The van der Waals surface area contributed by atoms with Crippen LogP contribution in [-0.4, -0.2) is 16.6 Å². The van der Waals surface area contributed by atoms with E-state index in [0.29, 0.717) is 5.69 Å². The minimum atomic E-state index is -0.781.